The van der Waals surface area contributed by atoms with Crippen molar-refractivity contribution in [1.29, 1.82) is 0 Å². The van der Waals surface area contributed by atoms with Crippen LogP contribution in [0.5, 0.6) is 0 Å². The van der Waals surface area contributed by atoms with Gasteiger partial charge in [-0.1, -0.05) is 161 Å². The van der Waals surface area contributed by atoms with Gasteiger partial charge < -0.3 is 0 Å². The molecule has 0 N–H and O–H groups in total. The van der Waals surface area contributed by atoms with Gasteiger partial charge in [0.1, 0.15) is 23.8 Å². The Labute approximate surface area is 287 Å². The van der Waals surface area contributed by atoms with Crippen molar-refractivity contribution in [3.8, 4) is 0 Å². The normalized spacial score (nSPS) is 12.8. The first-order chi connectivity index (χ1) is 21.3. The molecule has 0 aliphatic carbocycles. The minimum absolute atomic E-state index is 0.450. The second-order valence-corrected chi connectivity index (χ2v) is 19.2. The highest BCUT2D eigenvalue weighted by Gasteiger charge is 2.41. The molecule has 3 aromatic carbocycles. The third kappa shape index (κ3) is 8.03. The van der Waals surface area contributed by atoms with Gasteiger partial charge in [0.2, 0.25) is 0 Å². The highest BCUT2D eigenvalue weighted by molar-refractivity contribution is 7.80. The van der Waals surface area contributed by atoms with Gasteiger partial charge in [-0.05, 0) is 103 Å². The van der Waals surface area contributed by atoms with E-state index in [0.717, 1.165) is 0 Å². The first-order valence-corrected chi connectivity index (χ1v) is 20.2. The van der Waals surface area contributed by atoms with Gasteiger partial charge in [-0.2, -0.15) is 0 Å². The molecule has 0 atom stereocenters. The zero-order valence-electron chi connectivity index (χ0n) is 33.2. The van der Waals surface area contributed by atoms with Crippen molar-refractivity contribution in [2.24, 2.45) is 0 Å². The molecule has 0 unspecified atom stereocenters. The topological polar surface area (TPSA) is 0 Å². The van der Waals surface area contributed by atoms with Crippen LogP contribution >= 0.6 is 7.92 Å². The van der Waals surface area contributed by atoms with Crippen LogP contribution in [0.4, 0.5) is 0 Å². The highest BCUT2D eigenvalue weighted by Crippen LogP contribution is 2.48. The molecule has 1 heteroatoms. The van der Waals surface area contributed by atoms with Crippen LogP contribution < -0.4 is 15.9 Å². The Hall–Kier alpha value is -1.91. The number of rotatable bonds is 12. The van der Waals surface area contributed by atoms with Gasteiger partial charge in [-0.15, -0.1) is 0 Å². The maximum absolute atomic E-state index is 2.61. The summed E-state index contributed by atoms with van der Waals surface area (Å²) in [4.78, 5) is 0. The van der Waals surface area contributed by atoms with E-state index in [9.17, 15) is 0 Å². The minimum atomic E-state index is -1.45. The molecule has 0 saturated carbocycles. The molecule has 0 amide bonds. The number of benzene rings is 3. The summed E-state index contributed by atoms with van der Waals surface area (Å²) in [6, 6.07) is 15.7. The molecule has 0 aromatic heterocycles. The fourth-order valence-electron chi connectivity index (χ4n) is 7.11. The van der Waals surface area contributed by atoms with Crippen LogP contribution in [0, 0.1) is 0 Å². The van der Waals surface area contributed by atoms with E-state index in [0.29, 0.717) is 53.3 Å². The van der Waals surface area contributed by atoms with Crippen molar-refractivity contribution in [2.45, 2.75) is 178 Å². The molecular formula is C45H70P+. The third-order valence-corrected chi connectivity index (χ3v) is 13.4. The summed E-state index contributed by atoms with van der Waals surface area (Å²) >= 11 is 0. The van der Waals surface area contributed by atoms with Crippen LogP contribution in [0.25, 0.3) is 0 Å². The van der Waals surface area contributed by atoms with Crippen LogP contribution in [-0.4, -0.2) is 0 Å². The van der Waals surface area contributed by atoms with Crippen LogP contribution in [0.1, 0.15) is 228 Å². The molecule has 0 spiro atoms. The smallest absolute Gasteiger partial charge is 0.0587 e. The Kier molecular flexibility index (Phi) is 13.0. The summed E-state index contributed by atoms with van der Waals surface area (Å²) in [6.07, 6.45) is 0. The molecule has 0 fully saturated rings. The van der Waals surface area contributed by atoms with E-state index >= 15 is 0 Å². The highest BCUT2D eigenvalue weighted by atomic mass is 31.1. The molecule has 46 heavy (non-hydrogen) atoms. The van der Waals surface area contributed by atoms with Crippen LogP contribution in [0.15, 0.2) is 36.4 Å². The predicted octanol–water partition coefficient (Wildman–Crippen LogP) is 13.3. The van der Waals surface area contributed by atoms with Gasteiger partial charge in [-0.25, -0.2) is 0 Å². The lowest BCUT2D eigenvalue weighted by atomic mass is 9.89. The second kappa shape index (κ2) is 15.5. The molecule has 0 saturated heterocycles. The van der Waals surface area contributed by atoms with E-state index in [1.807, 2.05) is 0 Å². The summed E-state index contributed by atoms with van der Waals surface area (Å²) in [6.45, 7) is 43.5. The van der Waals surface area contributed by atoms with Crippen LogP contribution in [0.2, 0.25) is 0 Å². The van der Waals surface area contributed by atoms with Gasteiger partial charge in [0, 0.05) is 0 Å². The SMILES string of the molecule is CC(C)c1cc(C(C)C)c([PH+](c2c(C(C)C)cc(C(C)C)cc2C(C)C)c2c(C(C)C)cc(C(C)C)cc2C(C)C)c(C(C)C)c1. The van der Waals surface area contributed by atoms with E-state index in [1.54, 1.807) is 49.3 Å². The third-order valence-electron chi connectivity index (χ3n) is 10.1. The molecule has 0 aliphatic heterocycles. The van der Waals surface area contributed by atoms with Crippen molar-refractivity contribution in [1.82, 2.24) is 0 Å². The predicted molar refractivity (Wildman–Crippen MR) is 213 cm³/mol. The van der Waals surface area contributed by atoms with E-state index in [4.69, 9.17) is 0 Å². The van der Waals surface area contributed by atoms with Gasteiger partial charge in [0.05, 0.1) is 0 Å². The monoisotopic (exact) mass is 642 g/mol. The first kappa shape index (κ1) is 38.5. The van der Waals surface area contributed by atoms with E-state index in [2.05, 4.69) is 161 Å². The van der Waals surface area contributed by atoms with Crippen molar-refractivity contribution in [3.05, 3.63) is 86.5 Å². The van der Waals surface area contributed by atoms with Crippen LogP contribution in [-0.2, 0) is 0 Å². The lowest BCUT2D eigenvalue weighted by molar-refractivity contribution is 0.809. The second-order valence-electron chi connectivity index (χ2n) is 17.0. The Morgan fingerprint density at radius 1 is 0.261 bits per heavy atom. The maximum atomic E-state index is 2.61. The van der Waals surface area contributed by atoms with Gasteiger partial charge in [-0.3, -0.25) is 0 Å². The average molecular weight is 642 g/mol. The Bertz CT molecular complexity index is 1210. The van der Waals surface area contributed by atoms with E-state index in [-0.39, 0.29) is 0 Å². The molecule has 0 heterocycles. The quantitative estimate of drug-likeness (QED) is 0.173. The van der Waals surface area contributed by atoms with Gasteiger partial charge in [0.15, 0.2) is 0 Å². The van der Waals surface area contributed by atoms with Crippen molar-refractivity contribution in [2.75, 3.05) is 0 Å². The summed E-state index contributed by atoms with van der Waals surface area (Å²) in [5.74, 6) is 4.22. The summed E-state index contributed by atoms with van der Waals surface area (Å²) in [5.41, 5.74) is 14.0. The zero-order chi connectivity index (χ0) is 34.9. The maximum Gasteiger partial charge on any atom is 0.109 e. The summed E-state index contributed by atoms with van der Waals surface area (Å²) < 4.78 is 0. The lowest BCUT2D eigenvalue weighted by Gasteiger charge is -2.31. The molecular weight excluding hydrogens is 571 g/mol. The molecule has 254 valence electrons. The number of hydrogen-bond acceptors (Lipinski definition) is 0. The molecule has 3 aromatic rings. The Balaban J connectivity index is 2.84. The van der Waals surface area contributed by atoms with E-state index < -0.39 is 7.92 Å². The standard InChI is InChI=1S/C45H69P/c1-25(2)34-19-37(28(7)8)43(38(20-34)29(9)10)46(44-39(30(11)12)21-35(26(3)4)22-40(44)31(13)14)45-41(32(15)16)23-36(27(5)6)24-42(45)33(17)18/h19-33H,1-18H3/p+1. The summed E-state index contributed by atoms with van der Waals surface area (Å²) in [5, 5.41) is 5.05. The Morgan fingerprint density at radius 3 is 0.522 bits per heavy atom. The van der Waals surface area contributed by atoms with Crippen molar-refractivity contribution >= 4 is 23.8 Å². The van der Waals surface area contributed by atoms with Gasteiger partial charge >= 0.3 is 0 Å². The lowest BCUT2D eigenvalue weighted by Crippen LogP contribution is -2.35. The largest absolute Gasteiger partial charge is 0.109 e. The van der Waals surface area contributed by atoms with Crippen molar-refractivity contribution in [3.63, 3.8) is 0 Å². The molecule has 0 aliphatic rings. The molecule has 3 rings (SSSR count). The Morgan fingerprint density at radius 2 is 0.413 bits per heavy atom. The molecule has 0 nitrogen and oxygen atoms in total. The minimum Gasteiger partial charge on any atom is -0.0587 e. The zero-order valence-corrected chi connectivity index (χ0v) is 34.2. The van der Waals surface area contributed by atoms with Crippen LogP contribution in [0.3, 0.4) is 0 Å². The average Bonchev–Trinajstić information content (AvgIpc) is 2.95. The van der Waals surface area contributed by atoms with Gasteiger partial charge in [0.25, 0.3) is 0 Å². The fourth-order valence-corrected chi connectivity index (χ4v) is 11.8. The molecule has 0 radical (unpaired) electrons. The first-order valence-electron chi connectivity index (χ1n) is 18.7. The summed E-state index contributed by atoms with van der Waals surface area (Å²) in [7, 11) is -1.45. The van der Waals surface area contributed by atoms with E-state index in [1.165, 1.54) is 16.7 Å². The fraction of sp³-hybridized carbons (Fsp3) is 0.600. The number of hydrogen-bond donors (Lipinski definition) is 0. The van der Waals surface area contributed by atoms with Crippen molar-refractivity contribution < 1.29 is 0 Å². The molecule has 0 bridgehead atoms.